The van der Waals surface area contributed by atoms with E-state index < -0.39 is 0 Å². The van der Waals surface area contributed by atoms with Crippen LogP contribution in [0.15, 0.2) is 24.4 Å². The SMILES string of the molecule is O=C(Cc1c[nH]c2cc(F)ccc12)NCc1n[nH]c2c1CCCC2. The van der Waals surface area contributed by atoms with E-state index in [9.17, 15) is 9.18 Å². The first kappa shape index (κ1) is 14.9. The van der Waals surface area contributed by atoms with Gasteiger partial charge < -0.3 is 10.3 Å². The van der Waals surface area contributed by atoms with Gasteiger partial charge in [-0.3, -0.25) is 9.89 Å². The number of rotatable bonds is 4. The number of benzene rings is 1. The predicted octanol–water partition coefficient (Wildman–Crippen LogP) is 2.77. The Morgan fingerprint density at radius 2 is 2.17 bits per heavy atom. The third-order valence-electron chi connectivity index (χ3n) is 4.68. The molecule has 24 heavy (non-hydrogen) atoms. The molecule has 2 aromatic heterocycles. The second kappa shape index (κ2) is 6.11. The van der Waals surface area contributed by atoms with Crippen molar-refractivity contribution in [2.45, 2.75) is 38.6 Å². The van der Waals surface area contributed by atoms with Gasteiger partial charge in [-0.1, -0.05) is 0 Å². The van der Waals surface area contributed by atoms with Crippen molar-refractivity contribution < 1.29 is 9.18 Å². The van der Waals surface area contributed by atoms with Crippen molar-refractivity contribution in [2.75, 3.05) is 0 Å². The molecule has 0 atom stereocenters. The number of aromatic nitrogens is 3. The highest BCUT2D eigenvalue weighted by Crippen LogP contribution is 2.22. The van der Waals surface area contributed by atoms with Crippen LogP contribution in [0.25, 0.3) is 10.9 Å². The van der Waals surface area contributed by atoms with Crippen LogP contribution in [0.2, 0.25) is 0 Å². The van der Waals surface area contributed by atoms with Crippen molar-refractivity contribution in [3.05, 3.63) is 52.7 Å². The molecule has 0 radical (unpaired) electrons. The number of nitrogens with zero attached hydrogens (tertiary/aromatic N) is 1. The van der Waals surface area contributed by atoms with Crippen LogP contribution in [0.3, 0.4) is 0 Å². The number of carbonyl (C=O) groups is 1. The Balaban J connectivity index is 1.42. The van der Waals surface area contributed by atoms with Gasteiger partial charge in [0.1, 0.15) is 5.82 Å². The van der Waals surface area contributed by atoms with Crippen LogP contribution in [0.4, 0.5) is 4.39 Å². The fourth-order valence-electron chi connectivity index (χ4n) is 3.42. The van der Waals surface area contributed by atoms with E-state index in [1.165, 1.54) is 36.2 Å². The zero-order valence-electron chi connectivity index (χ0n) is 13.3. The first-order valence-corrected chi connectivity index (χ1v) is 8.28. The van der Waals surface area contributed by atoms with Crippen LogP contribution in [0.5, 0.6) is 0 Å². The highest BCUT2D eigenvalue weighted by atomic mass is 19.1. The molecule has 0 saturated carbocycles. The highest BCUT2D eigenvalue weighted by Gasteiger charge is 2.17. The topological polar surface area (TPSA) is 73.6 Å². The van der Waals surface area contributed by atoms with E-state index in [1.54, 1.807) is 12.3 Å². The monoisotopic (exact) mass is 326 g/mol. The molecule has 1 amide bonds. The Labute approximate surface area is 138 Å². The van der Waals surface area contributed by atoms with Gasteiger partial charge in [0, 0.05) is 22.8 Å². The maximum absolute atomic E-state index is 13.2. The largest absolute Gasteiger partial charge is 0.361 e. The van der Waals surface area contributed by atoms with Crippen molar-refractivity contribution in [1.82, 2.24) is 20.5 Å². The minimum atomic E-state index is -0.288. The zero-order chi connectivity index (χ0) is 16.5. The maximum Gasteiger partial charge on any atom is 0.224 e. The lowest BCUT2D eigenvalue weighted by Crippen LogP contribution is -2.25. The molecule has 0 saturated heterocycles. The highest BCUT2D eigenvalue weighted by molar-refractivity contribution is 5.88. The lowest BCUT2D eigenvalue weighted by atomic mass is 9.96. The van der Waals surface area contributed by atoms with Gasteiger partial charge in [-0.25, -0.2) is 4.39 Å². The number of aromatic amines is 2. The molecule has 1 aliphatic rings. The lowest BCUT2D eigenvalue weighted by Gasteiger charge is -2.11. The quantitative estimate of drug-likeness (QED) is 0.690. The molecule has 0 bridgehead atoms. The molecular weight excluding hydrogens is 307 g/mol. The van der Waals surface area contributed by atoms with Crippen molar-refractivity contribution >= 4 is 16.8 Å². The summed E-state index contributed by atoms with van der Waals surface area (Å²) in [6.45, 7) is 0.446. The summed E-state index contributed by atoms with van der Waals surface area (Å²) in [6, 6.07) is 4.55. The summed E-state index contributed by atoms with van der Waals surface area (Å²) in [4.78, 5) is 15.3. The fourth-order valence-corrected chi connectivity index (χ4v) is 3.42. The molecule has 0 aliphatic heterocycles. The average Bonchev–Trinajstić information content (AvgIpc) is 3.17. The van der Waals surface area contributed by atoms with E-state index in [1.807, 2.05) is 0 Å². The predicted molar refractivity (Wildman–Crippen MR) is 89.0 cm³/mol. The number of H-pyrrole nitrogens is 2. The first-order valence-electron chi connectivity index (χ1n) is 8.28. The Hall–Kier alpha value is -2.63. The second-order valence-corrected chi connectivity index (χ2v) is 6.29. The number of hydrogen-bond donors (Lipinski definition) is 3. The van der Waals surface area contributed by atoms with E-state index in [0.29, 0.717) is 12.1 Å². The smallest absolute Gasteiger partial charge is 0.224 e. The third kappa shape index (κ3) is 2.79. The molecule has 4 rings (SSSR count). The molecule has 124 valence electrons. The van der Waals surface area contributed by atoms with Crippen LogP contribution in [0.1, 0.15) is 35.4 Å². The summed E-state index contributed by atoms with van der Waals surface area (Å²) in [6.07, 6.45) is 6.48. The number of nitrogens with one attached hydrogen (secondary N) is 3. The molecule has 3 aromatic rings. The molecular formula is C18H19FN4O. The molecule has 0 fully saturated rings. The molecule has 1 aliphatic carbocycles. The molecule has 1 aromatic carbocycles. The molecule has 3 N–H and O–H groups in total. The molecule has 0 spiro atoms. The summed E-state index contributed by atoms with van der Waals surface area (Å²) in [5.74, 6) is -0.351. The second-order valence-electron chi connectivity index (χ2n) is 6.29. The summed E-state index contributed by atoms with van der Waals surface area (Å²) < 4.78 is 13.2. The lowest BCUT2D eigenvalue weighted by molar-refractivity contribution is -0.120. The Kier molecular flexibility index (Phi) is 3.80. The van der Waals surface area contributed by atoms with Gasteiger partial charge in [0.15, 0.2) is 0 Å². The van der Waals surface area contributed by atoms with E-state index >= 15 is 0 Å². The number of fused-ring (bicyclic) bond motifs is 2. The average molecular weight is 326 g/mol. The van der Waals surface area contributed by atoms with Crippen molar-refractivity contribution in [3.63, 3.8) is 0 Å². The van der Waals surface area contributed by atoms with Gasteiger partial charge in [0.25, 0.3) is 0 Å². The Bertz CT molecular complexity index is 896. The molecule has 0 unspecified atom stereocenters. The van der Waals surface area contributed by atoms with Crippen LogP contribution in [-0.4, -0.2) is 21.1 Å². The minimum absolute atomic E-state index is 0.0622. The van der Waals surface area contributed by atoms with Gasteiger partial charge >= 0.3 is 0 Å². The minimum Gasteiger partial charge on any atom is -0.361 e. The fraction of sp³-hybridized carbons (Fsp3) is 0.333. The normalized spacial score (nSPS) is 13.9. The van der Waals surface area contributed by atoms with Crippen molar-refractivity contribution in [1.29, 1.82) is 0 Å². The van der Waals surface area contributed by atoms with Gasteiger partial charge in [-0.05, 0) is 55.0 Å². The standard InChI is InChI=1S/C18H19FN4O/c19-12-5-6-13-11(9-20-16(13)8-12)7-18(24)21-10-17-14-3-1-2-4-15(14)22-23-17/h5-6,8-9,20H,1-4,7,10H2,(H,21,24)(H,22,23). The van der Waals surface area contributed by atoms with Crippen LogP contribution in [0, 0.1) is 5.82 Å². The van der Waals surface area contributed by atoms with E-state index in [4.69, 9.17) is 0 Å². The zero-order valence-corrected chi connectivity index (χ0v) is 13.3. The number of hydrogen-bond acceptors (Lipinski definition) is 2. The Morgan fingerprint density at radius 1 is 1.29 bits per heavy atom. The third-order valence-corrected chi connectivity index (χ3v) is 4.68. The summed E-state index contributed by atoms with van der Waals surface area (Å²) in [7, 11) is 0. The van der Waals surface area contributed by atoms with E-state index in [2.05, 4.69) is 20.5 Å². The van der Waals surface area contributed by atoms with E-state index in [0.717, 1.165) is 29.5 Å². The first-order chi connectivity index (χ1) is 11.7. The Morgan fingerprint density at radius 3 is 3.08 bits per heavy atom. The van der Waals surface area contributed by atoms with Gasteiger partial charge in [-0.15, -0.1) is 0 Å². The van der Waals surface area contributed by atoms with Gasteiger partial charge in [-0.2, -0.15) is 5.10 Å². The van der Waals surface area contributed by atoms with Crippen LogP contribution >= 0.6 is 0 Å². The maximum atomic E-state index is 13.2. The number of amides is 1. The summed E-state index contributed by atoms with van der Waals surface area (Å²) in [5, 5.41) is 11.2. The summed E-state index contributed by atoms with van der Waals surface area (Å²) in [5.41, 5.74) is 5.00. The van der Waals surface area contributed by atoms with Crippen LogP contribution in [-0.2, 0) is 30.6 Å². The molecule has 2 heterocycles. The van der Waals surface area contributed by atoms with E-state index in [-0.39, 0.29) is 18.1 Å². The molecule has 5 nitrogen and oxygen atoms in total. The number of aryl methyl sites for hydroxylation is 1. The van der Waals surface area contributed by atoms with Crippen molar-refractivity contribution in [3.8, 4) is 0 Å². The molecule has 6 heteroatoms. The van der Waals surface area contributed by atoms with Gasteiger partial charge in [0.2, 0.25) is 5.91 Å². The number of halogens is 1. The number of carbonyl (C=O) groups excluding carboxylic acids is 1. The van der Waals surface area contributed by atoms with Crippen molar-refractivity contribution in [2.24, 2.45) is 0 Å². The van der Waals surface area contributed by atoms with Gasteiger partial charge in [0.05, 0.1) is 18.7 Å². The van der Waals surface area contributed by atoms with Crippen LogP contribution < -0.4 is 5.32 Å². The summed E-state index contributed by atoms with van der Waals surface area (Å²) >= 11 is 0.